The second kappa shape index (κ2) is 11.4. The number of ether oxygens (including phenoxy) is 1. The average Bonchev–Trinajstić information content (AvgIpc) is 3.18. The Morgan fingerprint density at radius 2 is 1.89 bits per heavy atom. The van der Waals surface area contributed by atoms with Gasteiger partial charge in [0.15, 0.2) is 11.3 Å². The maximum absolute atomic E-state index is 9.77. The number of aliphatic hydroxyl groups is 1. The van der Waals surface area contributed by atoms with Crippen molar-refractivity contribution in [1.29, 1.82) is 15.8 Å². The molecular weight excluding hydrogens is 496 g/mol. The number of para-hydroxylation sites is 1. The van der Waals surface area contributed by atoms with Crippen LogP contribution in [0.3, 0.4) is 0 Å². The van der Waals surface area contributed by atoms with Crippen LogP contribution < -0.4 is 4.90 Å². The minimum Gasteiger partial charge on any atom is -0.480 e. The van der Waals surface area contributed by atoms with E-state index in [2.05, 4.69) is 24.3 Å². The second-order valence-electron chi connectivity index (χ2n) is 9.53. The van der Waals surface area contributed by atoms with Gasteiger partial charge >= 0.3 is 0 Å². The van der Waals surface area contributed by atoms with Crippen molar-refractivity contribution in [2.75, 3.05) is 18.1 Å². The van der Waals surface area contributed by atoms with E-state index in [1.54, 1.807) is 13.8 Å². The first-order valence-electron chi connectivity index (χ1n) is 12.4. The van der Waals surface area contributed by atoms with Crippen LogP contribution in [0, 0.1) is 34.0 Å². The zero-order chi connectivity index (χ0) is 27.3. The minimum absolute atomic E-state index is 0.0245. The van der Waals surface area contributed by atoms with Gasteiger partial charge in [0.2, 0.25) is 0 Å². The number of benzene rings is 1. The van der Waals surface area contributed by atoms with Gasteiger partial charge in [-0.25, -0.2) is 0 Å². The van der Waals surface area contributed by atoms with E-state index in [4.69, 9.17) is 16.3 Å². The predicted octanol–water partition coefficient (Wildman–Crippen LogP) is 6.49. The number of rotatable bonds is 5. The first-order valence-corrected chi connectivity index (χ1v) is 12.7. The van der Waals surface area contributed by atoms with Gasteiger partial charge in [-0.2, -0.15) is 15.8 Å². The van der Waals surface area contributed by atoms with Crippen LogP contribution in [-0.4, -0.2) is 23.9 Å². The highest BCUT2D eigenvalue weighted by molar-refractivity contribution is 6.32. The van der Waals surface area contributed by atoms with Crippen LogP contribution in [0.4, 0.5) is 5.69 Å². The lowest BCUT2D eigenvalue weighted by atomic mass is 9.90. The summed E-state index contributed by atoms with van der Waals surface area (Å²) in [5.74, 6) is 0.0245. The summed E-state index contributed by atoms with van der Waals surface area (Å²) in [7, 11) is 0. The van der Waals surface area contributed by atoms with Gasteiger partial charge in [-0.15, -0.1) is 0 Å². The zero-order valence-electron chi connectivity index (χ0n) is 21.3. The molecule has 0 spiro atoms. The largest absolute Gasteiger partial charge is 0.480 e. The molecule has 1 aromatic carbocycles. The van der Waals surface area contributed by atoms with E-state index in [0.29, 0.717) is 17.2 Å². The van der Waals surface area contributed by atoms with Gasteiger partial charge in [0.25, 0.3) is 0 Å². The summed E-state index contributed by atoms with van der Waals surface area (Å²) in [6.07, 6.45) is 14.4. The Kier molecular flexibility index (Phi) is 8.04. The third-order valence-corrected chi connectivity index (χ3v) is 7.22. The lowest BCUT2D eigenvalue weighted by Crippen LogP contribution is -2.23. The topological polar surface area (TPSA) is 104 Å². The van der Waals surface area contributed by atoms with Gasteiger partial charge in [0, 0.05) is 34.6 Å². The van der Waals surface area contributed by atoms with E-state index in [1.807, 2.05) is 59.7 Å². The number of aliphatic hydroxyl groups excluding tert-OH is 1. The molecule has 0 saturated heterocycles. The van der Waals surface area contributed by atoms with Gasteiger partial charge in [0.1, 0.15) is 29.4 Å². The van der Waals surface area contributed by atoms with Gasteiger partial charge in [-0.05, 0) is 62.0 Å². The lowest BCUT2D eigenvalue weighted by molar-refractivity contribution is 0.0954. The number of fused-ring (bicyclic) bond motifs is 1. The van der Waals surface area contributed by atoms with Gasteiger partial charge in [-0.3, -0.25) is 0 Å². The average molecular weight is 523 g/mol. The monoisotopic (exact) mass is 522 g/mol. The van der Waals surface area contributed by atoms with Crippen molar-refractivity contribution in [3.8, 4) is 18.2 Å². The molecule has 1 aromatic rings. The van der Waals surface area contributed by atoms with E-state index < -0.39 is 5.60 Å². The molecule has 1 aliphatic carbocycles. The fourth-order valence-corrected chi connectivity index (χ4v) is 5.14. The Hall–Kier alpha value is -4.28. The predicted molar refractivity (Wildman–Crippen MR) is 148 cm³/mol. The zero-order valence-corrected chi connectivity index (χ0v) is 22.1. The van der Waals surface area contributed by atoms with Crippen LogP contribution in [0.15, 0.2) is 99.5 Å². The molecule has 0 unspecified atom stereocenters. The summed E-state index contributed by atoms with van der Waals surface area (Å²) in [6, 6.07) is 13.8. The number of nitriles is 3. The Bertz CT molecular complexity index is 1480. The molecule has 6 nitrogen and oxygen atoms in total. The maximum Gasteiger partial charge on any atom is 0.172 e. The molecule has 0 atom stereocenters. The Balaban J connectivity index is 1.67. The normalized spacial score (nSPS) is 20.4. The van der Waals surface area contributed by atoms with Crippen molar-refractivity contribution < 1.29 is 9.84 Å². The summed E-state index contributed by atoms with van der Waals surface area (Å²) in [5, 5.41) is 38.4. The van der Waals surface area contributed by atoms with Crippen LogP contribution >= 0.6 is 11.6 Å². The molecule has 4 rings (SSSR count). The number of β-amino-alcohol motifs (C(OH)–C–C–N with tert-alkyl or cyclic N) is 1. The molecule has 3 aliphatic rings. The summed E-state index contributed by atoms with van der Waals surface area (Å²) < 4.78 is 5.85. The summed E-state index contributed by atoms with van der Waals surface area (Å²) in [6.45, 7) is 4.21. The van der Waals surface area contributed by atoms with E-state index in [-0.39, 0.29) is 23.5 Å². The molecule has 190 valence electrons. The van der Waals surface area contributed by atoms with Crippen molar-refractivity contribution in [3.05, 3.63) is 105 Å². The Labute approximate surface area is 228 Å². The Morgan fingerprint density at radius 1 is 1.13 bits per heavy atom. The molecule has 2 aliphatic heterocycles. The number of hydrogen-bond donors (Lipinski definition) is 1. The summed E-state index contributed by atoms with van der Waals surface area (Å²) in [5.41, 5.74) is 4.89. The van der Waals surface area contributed by atoms with Crippen LogP contribution in [0.5, 0.6) is 0 Å². The smallest absolute Gasteiger partial charge is 0.172 e. The second-order valence-corrected chi connectivity index (χ2v) is 9.91. The van der Waals surface area contributed by atoms with Crippen molar-refractivity contribution in [1.82, 2.24) is 0 Å². The van der Waals surface area contributed by atoms with E-state index in [9.17, 15) is 20.9 Å². The van der Waals surface area contributed by atoms with E-state index >= 15 is 0 Å². The molecular formula is C31H27ClN4O2. The number of anilines is 1. The number of allylic oxidation sites excluding steroid dienone is 10. The van der Waals surface area contributed by atoms with Crippen LogP contribution in [0.2, 0.25) is 0 Å². The van der Waals surface area contributed by atoms with E-state index in [0.717, 1.165) is 47.2 Å². The standard InChI is InChI=1S/C31H27ClN4O2/c1-31(2)27(26(20-35)30(38-31)24(18-33)19-34)13-12-23-7-5-6-22(29(23)32)11-10-21-14-15-36(16-17-37)28-9-4-3-8-25(21)28/h3-4,8-15,37H,5-7,16-17H2,1-2H3/b13-12+,21-10-,22-11+. The van der Waals surface area contributed by atoms with Crippen LogP contribution in [-0.2, 0) is 4.74 Å². The summed E-state index contributed by atoms with van der Waals surface area (Å²) in [4.78, 5) is 2.03. The van der Waals surface area contributed by atoms with Crippen molar-refractivity contribution >= 4 is 22.9 Å². The first kappa shape index (κ1) is 26.8. The van der Waals surface area contributed by atoms with E-state index in [1.165, 1.54) is 0 Å². The third-order valence-electron chi connectivity index (χ3n) is 6.74. The maximum atomic E-state index is 9.77. The fourth-order valence-electron chi connectivity index (χ4n) is 4.82. The molecule has 0 fully saturated rings. The van der Waals surface area contributed by atoms with Crippen molar-refractivity contribution in [2.24, 2.45) is 0 Å². The van der Waals surface area contributed by atoms with Crippen LogP contribution in [0.1, 0.15) is 38.7 Å². The third kappa shape index (κ3) is 5.22. The van der Waals surface area contributed by atoms with Crippen molar-refractivity contribution in [2.45, 2.75) is 38.7 Å². The highest BCUT2D eigenvalue weighted by atomic mass is 35.5. The van der Waals surface area contributed by atoms with Gasteiger partial charge in [-0.1, -0.05) is 54.1 Å². The summed E-state index contributed by atoms with van der Waals surface area (Å²) >= 11 is 6.85. The molecule has 0 saturated carbocycles. The molecule has 0 amide bonds. The SMILES string of the molecule is CC1(C)OC(=C(C#N)C#N)C(C#N)=C1/C=C/C1=C(Cl)C(=C/C=C2/C=CN(CCO)c3ccccc32)/CCC1. The highest BCUT2D eigenvalue weighted by Crippen LogP contribution is 2.41. The first-order chi connectivity index (χ1) is 18.3. The number of halogens is 1. The number of nitrogens with zero attached hydrogens (tertiary/aromatic N) is 4. The molecule has 38 heavy (non-hydrogen) atoms. The van der Waals surface area contributed by atoms with Crippen LogP contribution in [0.25, 0.3) is 5.57 Å². The lowest BCUT2D eigenvalue weighted by Gasteiger charge is -2.27. The Morgan fingerprint density at radius 3 is 2.61 bits per heavy atom. The quantitative estimate of drug-likeness (QED) is 0.443. The van der Waals surface area contributed by atoms with Crippen molar-refractivity contribution in [3.63, 3.8) is 0 Å². The molecule has 0 aromatic heterocycles. The molecule has 0 bridgehead atoms. The van der Waals surface area contributed by atoms with Gasteiger partial charge < -0.3 is 14.7 Å². The molecule has 7 heteroatoms. The minimum atomic E-state index is -0.870. The number of hydrogen-bond acceptors (Lipinski definition) is 6. The molecule has 0 radical (unpaired) electrons. The molecule has 1 N–H and O–H groups in total. The van der Waals surface area contributed by atoms with Gasteiger partial charge in [0.05, 0.1) is 6.61 Å². The molecule has 2 heterocycles. The fraction of sp³-hybridized carbons (Fsp3) is 0.258. The highest BCUT2D eigenvalue weighted by Gasteiger charge is 2.38.